The van der Waals surface area contributed by atoms with Gasteiger partial charge < -0.3 is 15.2 Å². The number of carbonyl (C=O) groups excluding carboxylic acids is 1. The third-order valence-electron chi connectivity index (χ3n) is 5.08. The molecule has 1 spiro atoms. The normalized spacial score (nSPS) is 26.4. The van der Waals surface area contributed by atoms with Crippen molar-refractivity contribution in [3.05, 3.63) is 18.6 Å². The molecule has 4 rings (SSSR count). The second-order valence-corrected chi connectivity index (χ2v) is 6.78. The smallest absolute Gasteiger partial charge is 0.353 e. The number of rotatable bonds is 4. The summed E-state index contributed by atoms with van der Waals surface area (Å²) in [6.07, 6.45) is -1.90. The van der Waals surface area contributed by atoms with Crippen molar-refractivity contribution >= 4 is 22.6 Å². The predicted molar refractivity (Wildman–Crippen MR) is 85.2 cm³/mol. The molecule has 2 aromatic rings. The molecular formula is C16H18F3N5O. The Hall–Kier alpha value is -2.16. The zero-order valence-corrected chi connectivity index (χ0v) is 13.4. The lowest BCUT2D eigenvalue weighted by Gasteiger charge is -2.35. The topological polar surface area (TPSA) is 73.9 Å². The Morgan fingerprint density at radius 2 is 2.24 bits per heavy atom. The van der Waals surface area contributed by atoms with Crippen LogP contribution in [0.15, 0.2) is 18.6 Å². The summed E-state index contributed by atoms with van der Waals surface area (Å²) in [5.74, 6) is 0.142. The van der Waals surface area contributed by atoms with Crippen molar-refractivity contribution in [1.82, 2.24) is 20.3 Å². The summed E-state index contributed by atoms with van der Waals surface area (Å²) in [7, 11) is 0. The van der Waals surface area contributed by atoms with Crippen molar-refractivity contribution < 1.29 is 18.0 Å². The van der Waals surface area contributed by atoms with E-state index in [-0.39, 0.29) is 11.7 Å². The Kier molecular flexibility index (Phi) is 3.71. The highest BCUT2D eigenvalue weighted by molar-refractivity contribution is 5.88. The number of hydrogen-bond acceptors (Lipinski definition) is 5. The number of fused-ring (bicyclic) bond motifs is 1. The number of nitrogens with zero attached hydrogens (tertiary/aromatic N) is 3. The van der Waals surface area contributed by atoms with Crippen LogP contribution in [0, 0.1) is 5.92 Å². The first kappa shape index (κ1) is 16.3. The standard InChI is InChI=1S/C16H18F3N5O/c17-16(18,19)3-1-12(25)11-7-15(11)8-24(6-5-23-15)14-10-2-4-20-13(10)21-9-22-14/h2,4,9,11,23H,1,3,5-8H2,(H,20,21,22). The first-order valence-corrected chi connectivity index (χ1v) is 8.25. The number of H-pyrrole nitrogens is 1. The molecule has 25 heavy (non-hydrogen) atoms. The second-order valence-electron chi connectivity index (χ2n) is 6.78. The van der Waals surface area contributed by atoms with Gasteiger partial charge in [-0.3, -0.25) is 4.79 Å². The quantitative estimate of drug-likeness (QED) is 0.880. The van der Waals surface area contributed by atoms with E-state index < -0.39 is 24.6 Å². The SMILES string of the molecule is O=C(CCC(F)(F)F)C1CC12CN(c1ncnc3[nH]ccc13)CCN2. The molecule has 1 saturated heterocycles. The van der Waals surface area contributed by atoms with Gasteiger partial charge in [0, 0.05) is 43.7 Å². The maximum Gasteiger partial charge on any atom is 0.389 e. The second kappa shape index (κ2) is 5.69. The highest BCUT2D eigenvalue weighted by Crippen LogP contribution is 2.47. The molecule has 0 aromatic carbocycles. The maximum atomic E-state index is 12.3. The average molecular weight is 353 g/mol. The molecule has 2 N–H and O–H groups in total. The van der Waals surface area contributed by atoms with Crippen LogP contribution in [-0.4, -0.2) is 52.1 Å². The number of aromatic amines is 1. The monoisotopic (exact) mass is 353 g/mol. The summed E-state index contributed by atoms with van der Waals surface area (Å²) in [6, 6.07) is 1.90. The molecule has 2 aliphatic rings. The summed E-state index contributed by atoms with van der Waals surface area (Å²) >= 11 is 0. The van der Waals surface area contributed by atoms with Crippen molar-refractivity contribution in [1.29, 1.82) is 0 Å². The van der Waals surface area contributed by atoms with Gasteiger partial charge in [-0.25, -0.2) is 9.97 Å². The number of carbonyl (C=O) groups is 1. The Labute approximate surface area is 141 Å². The Balaban J connectivity index is 1.47. The highest BCUT2D eigenvalue weighted by Gasteiger charge is 2.59. The minimum absolute atomic E-state index is 0.304. The van der Waals surface area contributed by atoms with Crippen LogP contribution in [0.25, 0.3) is 11.0 Å². The van der Waals surface area contributed by atoms with Gasteiger partial charge in [-0.15, -0.1) is 0 Å². The molecular weight excluding hydrogens is 335 g/mol. The molecule has 2 atom stereocenters. The van der Waals surface area contributed by atoms with Gasteiger partial charge >= 0.3 is 6.18 Å². The van der Waals surface area contributed by atoms with Crippen LogP contribution in [0.3, 0.4) is 0 Å². The molecule has 1 saturated carbocycles. The maximum absolute atomic E-state index is 12.3. The largest absolute Gasteiger partial charge is 0.389 e. The first-order valence-electron chi connectivity index (χ1n) is 8.25. The number of hydrogen-bond donors (Lipinski definition) is 2. The van der Waals surface area contributed by atoms with Crippen molar-refractivity contribution in [3.63, 3.8) is 0 Å². The summed E-state index contributed by atoms with van der Waals surface area (Å²) in [6.45, 7) is 1.95. The van der Waals surface area contributed by atoms with Crippen molar-refractivity contribution in [2.75, 3.05) is 24.5 Å². The number of Topliss-reactive ketones (excluding diaryl/α,β-unsaturated/α-hetero) is 1. The number of alkyl halides is 3. The van der Waals surface area contributed by atoms with Gasteiger partial charge in [0.2, 0.25) is 0 Å². The molecule has 3 heterocycles. The van der Waals surface area contributed by atoms with Crippen LogP contribution in [0.5, 0.6) is 0 Å². The zero-order chi connectivity index (χ0) is 17.7. The van der Waals surface area contributed by atoms with E-state index in [0.29, 0.717) is 19.5 Å². The molecule has 134 valence electrons. The van der Waals surface area contributed by atoms with Crippen LogP contribution in [0.1, 0.15) is 19.3 Å². The number of halogens is 3. The summed E-state index contributed by atoms with van der Waals surface area (Å²) in [5, 5.41) is 4.25. The third-order valence-corrected chi connectivity index (χ3v) is 5.08. The van der Waals surface area contributed by atoms with Gasteiger partial charge in [0.05, 0.1) is 11.8 Å². The van der Waals surface area contributed by atoms with Crippen LogP contribution in [0.2, 0.25) is 0 Å². The predicted octanol–water partition coefficient (Wildman–Crippen LogP) is 2.04. The van der Waals surface area contributed by atoms with E-state index in [9.17, 15) is 18.0 Å². The minimum atomic E-state index is -4.29. The van der Waals surface area contributed by atoms with Gasteiger partial charge in [0.25, 0.3) is 0 Å². The fraction of sp³-hybridized carbons (Fsp3) is 0.562. The number of anilines is 1. The average Bonchev–Trinajstić information content (AvgIpc) is 3.04. The van der Waals surface area contributed by atoms with Crippen LogP contribution in [0.4, 0.5) is 19.0 Å². The van der Waals surface area contributed by atoms with Crippen LogP contribution >= 0.6 is 0 Å². The number of aromatic nitrogens is 3. The lowest BCUT2D eigenvalue weighted by Crippen LogP contribution is -2.54. The van der Waals surface area contributed by atoms with E-state index in [4.69, 9.17) is 0 Å². The molecule has 6 nitrogen and oxygen atoms in total. The molecule has 1 aliphatic heterocycles. The summed E-state index contributed by atoms with van der Waals surface area (Å²) in [4.78, 5) is 25.8. The van der Waals surface area contributed by atoms with Crippen LogP contribution in [-0.2, 0) is 4.79 Å². The van der Waals surface area contributed by atoms with E-state index >= 15 is 0 Å². The minimum Gasteiger partial charge on any atom is -0.353 e. The number of piperazine rings is 1. The zero-order valence-electron chi connectivity index (χ0n) is 13.4. The van der Waals surface area contributed by atoms with Gasteiger partial charge in [-0.1, -0.05) is 0 Å². The summed E-state index contributed by atoms with van der Waals surface area (Å²) < 4.78 is 37.0. The fourth-order valence-electron chi connectivity index (χ4n) is 3.74. The van der Waals surface area contributed by atoms with Gasteiger partial charge in [0.1, 0.15) is 23.6 Å². The first-order chi connectivity index (χ1) is 11.9. The van der Waals surface area contributed by atoms with Crippen molar-refractivity contribution in [2.45, 2.75) is 31.0 Å². The molecule has 2 fully saturated rings. The molecule has 1 aliphatic carbocycles. The molecule has 0 radical (unpaired) electrons. The van der Waals surface area contributed by atoms with E-state index in [2.05, 4.69) is 25.2 Å². The molecule has 9 heteroatoms. The van der Waals surface area contributed by atoms with Crippen molar-refractivity contribution in [2.24, 2.45) is 5.92 Å². The van der Waals surface area contributed by atoms with Gasteiger partial charge in [-0.2, -0.15) is 13.2 Å². The third kappa shape index (κ3) is 3.08. The fourth-order valence-corrected chi connectivity index (χ4v) is 3.74. The lowest BCUT2D eigenvalue weighted by molar-refractivity contribution is -0.143. The molecule has 2 unspecified atom stereocenters. The molecule has 0 amide bonds. The lowest BCUT2D eigenvalue weighted by atomic mass is 10.0. The van der Waals surface area contributed by atoms with E-state index in [1.165, 1.54) is 6.33 Å². The highest BCUT2D eigenvalue weighted by atomic mass is 19.4. The number of ketones is 1. The van der Waals surface area contributed by atoms with E-state index in [1.807, 2.05) is 6.07 Å². The van der Waals surface area contributed by atoms with E-state index in [1.54, 1.807) is 6.20 Å². The summed E-state index contributed by atoms with van der Waals surface area (Å²) in [5.41, 5.74) is 0.320. The molecule has 2 aromatic heterocycles. The van der Waals surface area contributed by atoms with Crippen molar-refractivity contribution in [3.8, 4) is 0 Å². The Morgan fingerprint density at radius 1 is 1.40 bits per heavy atom. The Bertz CT molecular complexity index is 804. The van der Waals surface area contributed by atoms with Gasteiger partial charge in [0.15, 0.2) is 0 Å². The number of nitrogens with one attached hydrogen (secondary N) is 2. The molecule has 0 bridgehead atoms. The van der Waals surface area contributed by atoms with Crippen LogP contribution < -0.4 is 10.2 Å². The Morgan fingerprint density at radius 3 is 3.04 bits per heavy atom. The van der Waals surface area contributed by atoms with Gasteiger partial charge in [-0.05, 0) is 12.5 Å². The van der Waals surface area contributed by atoms with E-state index in [0.717, 1.165) is 23.4 Å².